The maximum absolute atomic E-state index is 12.4. The van der Waals surface area contributed by atoms with Gasteiger partial charge in [0.1, 0.15) is 16.8 Å². The SMILES string of the molecule is COc1ccc(NC(=O)CSc2nc3c(cc2C#N)CN(Cc2ccccc2)CC3)cc1. The van der Waals surface area contributed by atoms with Crippen molar-refractivity contribution in [3.8, 4) is 11.8 Å². The molecule has 2 heterocycles. The van der Waals surface area contributed by atoms with Crippen molar-refractivity contribution in [3.05, 3.63) is 83.0 Å². The van der Waals surface area contributed by atoms with Crippen molar-refractivity contribution >= 4 is 23.4 Å². The lowest BCUT2D eigenvalue weighted by atomic mass is 10.0. The van der Waals surface area contributed by atoms with E-state index in [0.29, 0.717) is 16.3 Å². The van der Waals surface area contributed by atoms with Crippen LogP contribution in [0.4, 0.5) is 5.69 Å². The fourth-order valence-corrected chi connectivity index (χ4v) is 4.46. The molecular weight excluding hydrogens is 420 g/mol. The fraction of sp³-hybridized carbons (Fsp3) is 0.240. The molecule has 3 aromatic rings. The first kappa shape index (κ1) is 21.9. The Kier molecular flexibility index (Phi) is 7.05. The van der Waals surface area contributed by atoms with Gasteiger partial charge in [0.15, 0.2) is 0 Å². The van der Waals surface area contributed by atoms with Crippen molar-refractivity contribution in [1.82, 2.24) is 9.88 Å². The number of fused-ring (bicyclic) bond motifs is 1. The molecule has 1 aliphatic heterocycles. The number of thioether (sulfide) groups is 1. The summed E-state index contributed by atoms with van der Waals surface area (Å²) in [6.45, 7) is 2.57. The summed E-state index contributed by atoms with van der Waals surface area (Å²) in [4.78, 5) is 19.5. The van der Waals surface area contributed by atoms with Gasteiger partial charge < -0.3 is 10.1 Å². The smallest absolute Gasteiger partial charge is 0.234 e. The molecule has 1 aromatic heterocycles. The number of hydrogen-bond acceptors (Lipinski definition) is 6. The highest BCUT2D eigenvalue weighted by Gasteiger charge is 2.21. The third-order valence-electron chi connectivity index (χ3n) is 5.30. The Balaban J connectivity index is 1.38. The zero-order valence-corrected chi connectivity index (χ0v) is 18.7. The first-order valence-electron chi connectivity index (χ1n) is 10.4. The third kappa shape index (κ3) is 5.47. The molecule has 0 aliphatic carbocycles. The first-order valence-corrected chi connectivity index (χ1v) is 11.4. The van der Waals surface area contributed by atoms with Crippen LogP contribution in [0.15, 0.2) is 65.7 Å². The number of carbonyl (C=O) groups is 1. The van der Waals surface area contributed by atoms with Gasteiger partial charge in [-0.2, -0.15) is 5.26 Å². The highest BCUT2D eigenvalue weighted by atomic mass is 32.2. The number of methoxy groups -OCH3 is 1. The van der Waals surface area contributed by atoms with E-state index in [9.17, 15) is 10.1 Å². The molecule has 1 N–H and O–H groups in total. The molecule has 0 spiro atoms. The van der Waals surface area contributed by atoms with E-state index in [1.165, 1.54) is 17.3 Å². The number of aromatic nitrogens is 1. The van der Waals surface area contributed by atoms with Crippen LogP contribution >= 0.6 is 11.8 Å². The molecule has 0 saturated heterocycles. The number of amides is 1. The van der Waals surface area contributed by atoms with E-state index < -0.39 is 0 Å². The Morgan fingerprint density at radius 1 is 1.22 bits per heavy atom. The summed E-state index contributed by atoms with van der Waals surface area (Å²) in [6, 6.07) is 21.7. The molecule has 1 amide bonds. The number of carbonyl (C=O) groups excluding carboxylic acids is 1. The van der Waals surface area contributed by atoms with E-state index in [1.54, 1.807) is 31.4 Å². The zero-order valence-electron chi connectivity index (χ0n) is 17.9. The Morgan fingerprint density at radius 3 is 2.72 bits per heavy atom. The molecule has 4 rings (SSSR count). The second-order valence-electron chi connectivity index (χ2n) is 7.57. The van der Waals surface area contributed by atoms with E-state index in [2.05, 4.69) is 40.6 Å². The lowest BCUT2D eigenvalue weighted by Crippen LogP contribution is -2.31. The van der Waals surface area contributed by atoms with Crippen LogP contribution in [0.5, 0.6) is 5.75 Å². The van der Waals surface area contributed by atoms with Crippen molar-refractivity contribution in [2.24, 2.45) is 0 Å². The minimum absolute atomic E-state index is 0.141. The lowest BCUT2D eigenvalue weighted by Gasteiger charge is -2.28. The van der Waals surface area contributed by atoms with Gasteiger partial charge in [-0.25, -0.2) is 4.98 Å². The van der Waals surface area contributed by atoms with E-state index >= 15 is 0 Å². The quantitative estimate of drug-likeness (QED) is 0.549. The predicted molar refractivity (Wildman–Crippen MR) is 126 cm³/mol. The summed E-state index contributed by atoms with van der Waals surface area (Å²) in [7, 11) is 1.60. The number of rotatable bonds is 7. The van der Waals surface area contributed by atoms with Gasteiger partial charge in [-0.3, -0.25) is 9.69 Å². The lowest BCUT2D eigenvalue weighted by molar-refractivity contribution is -0.113. The van der Waals surface area contributed by atoms with Crippen LogP contribution in [-0.2, 0) is 24.3 Å². The number of nitriles is 1. The molecule has 0 saturated carbocycles. The molecule has 1 aliphatic rings. The van der Waals surface area contributed by atoms with Crippen molar-refractivity contribution in [3.63, 3.8) is 0 Å². The second kappa shape index (κ2) is 10.3. The zero-order chi connectivity index (χ0) is 22.3. The van der Waals surface area contributed by atoms with Crippen molar-refractivity contribution in [2.45, 2.75) is 24.5 Å². The Bertz CT molecular complexity index is 1130. The van der Waals surface area contributed by atoms with E-state index in [4.69, 9.17) is 9.72 Å². The molecule has 7 heteroatoms. The van der Waals surface area contributed by atoms with E-state index in [-0.39, 0.29) is 11.7 Å². The molecule has 0 unspecified atom stereocenters. The largest absolute Gasteiger partial charge is 0.497 e. The fourth-order valence-electron chi connectivity index (χ4n) is 3.68. The predicted octanol–water partition coefficient (Wildman–Crippen LogP) is 4.25. The summed E-state index contributed by atoms with van der Waals surface area (Å²) in [5.74, 6) is 0.779. The van der Waals surface area contributed by atoms with Crippen molar-refractivity contribution < 1.29 is 9.53 Å². The standard InChI is InChI=1S/C25H24N4O2S/c1-31-22-9-7-21(8-10-22)27-24(30)17-32-25-19(14-26)13-20-16-29(12-11-23(20)28-25)15-18-5-3-2-4-6-18/h2-10,13H,11-12,15-17H2,1H3,(H,27,30). The number of pyridine rings is 1. The van der Waals surface area contributed by atoms with E-state index in [0.717, 1.165) is 43.1 Å². The number of nitrogens with one attached hydrogen (secondary N) is 1. The number of ether oxygens (including phenoxy) is 1. The summed E-state index contributed by atoms with van der Waals surface area (Å²) in [5.41, 5.74) is 4.61. The monoisotopic (exact) mass is 444 g/mol. The highest BCUT2D eigenvalue weighted by Crippen LogP contribution is 2.27. The van der Waals surface area contributed by atoms with Crippen LogP contribution in [0.3, 0.4) is 0 Å². The first-order chi connectivity index (χ1) is 15.6. The van der Waals surface area contributed by atoms with Gasteiger partial charge in [0, 0.05) is 37.4 Å². The Morgan fingerprint density at radius 2 is 2.00 bits per heavy atom. The molecule has 0 fully saturated rings. The summed E-state index contributed by atoms with van der Waals surface area (Å²) in [6.07, 6.45) is 0.833. The normalized spacial score (nSPS) is 13.1. The minimum Gasteiger partial charge on any atom is -0.497 e. The second-order valence-corrected chi connectivity index (χ2v) is 8.53. The molecule has 6 nitrogen and oxygen atoms in total. The van der Waals surface area contributed by atoms with Crippen LogP contribution < -0.4 is 10.1 Å². The molecule has 0 radical (unpaired) electrons. The summed E-state index contributed by atoms with van der Waals surface area (Å²) in [5, 5.41) is 13.1. The van der Waals surface area contributed by atoms with Crippen LogP contribution in [0.25, 0.3) is 0 Å². The van der Waals surface area contributed by atoms with Gasteiger partial charge >= 0.3 is 0 Å². The molecule has 0 bridgehead atoms. The maximum atomic E-state index is 12.4. The van der Waals surface area contributed by atoms with Crippen LogP contribution in [0.1, 0.15) is 22.4 Å². The Labute approximate surface area is 192 Å². The van der Waals surface area contributed by atoms with E-state index in [1.807, 2.05) is 12.1 Å². The van der Waals surface area contributed by atoms with Crippen LogP contribution in [-0.4, -0.2) is 35.2 Å². The van der Waals surface area contributed by atoms with Gasteiger partial charge in [0.25, 0.3) is 0 Å². The van der Waals surface area contributed by atoms with Gasteiger partial charge in [-0.05, 0) is 41.5 Å². The van der Waals surface area contributed by atoms with Crippen LogP contribution in [0.2, 0.25) is 0 Å². The average Bonchev–Trinajstić information content (AvgIpc) is 2.83. The molecule has 2 aromatic carbocycles. The van der Waals surface area contributed by atoms with Gasteiger partial charge in [0.05, 0.1) is 18.4 Å². The maximum Gasteiger partial charge on any atom is 0.234 e. The van der Waals surface area contributed by atoms with Gasteiger partial charge in [-0.1, -0.05) is 42.1 Å². The van der Waals surface area contributed by atoms with Crippen LogP contribution in [0, 0.1) is 11.3 Å². The molecule has 162 valence electrons. The number of benzene rings is 2. The van der Waals surface area contributed by atoms with Crippen molar-refractivity contribution in [1.29, 1.82) is 5.26 Å². The number of anilines is 1. The van der Waals surface area contributed by atoms with Gasteiger partial charge in [-0.15, -0.1) is 0 Å². The molecule has 0 atom stereocenters. The average molecular weight is 445 g/mol. The summed E-state index contributed by atoms with van der Waals surface area (Å²) < 4.78 is 5.13. The topological polar surface area (TPSA) is 78.2 Å². The number of nitrogens with zero attached hydrogens (tertiary/aromatic N) is 3. The highest BCUT2D eigenvalue weighted by molar-refractivity contribution is 8.00. The molecular formula is C25H24N4O2S. The molecule has 32 heavy (non-hydrogen) atoms. The van der Waals surface area contributed by atoms with Crippen molar-refractivity contribution in [2.75, 3.05) is 24.7 Å². The number of hydrogen-bond donors (Lipinski definition) is 1. The minimum atomic E-state index is -0.141. The Hall–Kier alpha value is -3.34. The van der Waals surface area contributed by atoms with Gasteiger partial charge in [0.2, 0.25) is 5.91 Å². The third-order valence-corrected chi connectivity index (χ3v) is 6.29. The summed E-state index contributed by atoms with van der Waals surface area (Å²) >= 11 is 1.30.